The van der Waals surface area contributed by atoms with Gasteiger partial charge >= 0.3 is 0 Å². The highest BCUT2D eigenvalue weighted by atomic mass is 16.2. The molecule has 5 heteroatoms. The van der Waals surface area contributed by atoms with Crippen LogP contribution < -0.4 is 10.2 Å². The Morgan fingerprint density at radius 1 is 1.03 bits per heavy atom. The maximum atomic E-state index is 12.8. The Morgan fingerprint density at radius 3 is 2.69 bits per heavy atom. The van der Waals surface area contributed by atoms with Crippen LogP contribution >= 0.6 is 0 Å². The number of hydrogen-bond donors (Lipinski definition) is 1. The molecule has 0 saturated heterocycles. The first-order chi connectivity index (χ1) is 14.2. The van der Waals surface area contributed by atoms with Crippen LogP contribution in [-0.2, 0) is 17.6 Å². The van der Waals surface area contributed by atoms with Crippen molar-refractivity contribution in [1.82, 2.24) is 4.98 Å². The highest BCUT2D eigenvalue weighted by Gasteiger charge is 2.26. The van der Waals surface area contributed by atoms with Crippen molar-refractivity contribution in [2.24, 2.45) is 0 Å². The number of hydrogen-bond acceptors (Lipinski definition) is 3. The molecule has 29 heavy (non-hydrogen) atoms. The van der Waals surface area contributed by atoms with E-state index in [-0.39, 0.29) is 11.8 Å². The zero-order valence-electron chi connectivity index (χ0n) is 16.2. The van der Waals surface area contributed by atoms with Gasteiger partial charge in [0.25, 0.3) is 5.91 Å². The van der Waals surface area contributed by atoms with Crippen molar-refractivity contribution < 1.29 is 9.59 Å². The number of carbonyl (C=O) groups is 2. The van der Waals surface area contributed by atoms with Crippen LogP contribution in [0.1, 0.15) is 34.3 Å². The fraction of sp³-hybridized carbons (Fsp3) is 0.208. The number of pyridine rings is 1. The maximum Gasteiger partial charge on any atom is 0.259 e. The highest BCUT2D eigenvalue weighted by molar-refractivity contribution is 6.07. The summed E-state index contributed by atoms with van der Waals surface area (Å²) < 4.78 is 0. The first-order valence-corrected chi connectivity index (χ1v) is 9.89. The minimum Gasteiger partial charge on any atom is -0.326 e. The quantitative estimate of drug-likeness (QED) is 0.690. The van der Waals surface area contributed by atoms with Crippen LogP contribution in [0.3, 0.4) is 0 Å². The van der Waals surface area contributed by atoms with E-state index in [2.05, 4.69) is 22.4 Å². The molecule has 1 aliphatic rings. The van der Waals surface area contributed by atoms with Gasteiger partial charge in [0, 0.05) is 36.7 Å². The molecule has 0 aliphatic carbocycles. The van der Waals surface area contributed by atoms with Gasteiger partial charge in [-0.25, -0.2) is 0 Å². The number of aromatic nitrogens is 1. The molecule has 5 nitrogen and oxygen atoms in total. The van der Waals surface area contributed by atoms with Crippen molar-refractivity contribution >= 4 is 23.2 Å². The molecule has 1 aliphatic heterocycles. The molecule has 0 atom stereocenters. The Balaban J connectivity index is 1.39. The summed E-state index contributed by atoms with van der Waals surface area (Å²) in [4.78, 5) is 31.0. The van der Waals surface area contributed by atoms with Crippen LogP contribution in [0.5, 0.6) is 0 Å². The number of benzene rings is 2. The molecule has 1 N–H and O–H groups in total. The summed E-state index contributed by atoms with van der Waals surface area (Å²) in [7, 11) is 0. The lowest BCUT2D eigenvalue weighted by atomic mass is 10.1. The average Bonchev–Trinajstić information content (AvgIpc) is 3.18. The van der Waals surface area contributed by atoms with Gasteiger partial charge in [-0.1, -0.05) is 36.4 Å². The fourth-order valence-corrected chi connectivity index (χ4v) is 3.63. The van der Waals surface area contributed by atoms with Crippen molar-refractivity contribution in [3.05, 3.63) is 89.7 Å². The van der Waals surface area contributed by atoms with Gasteiger partial charge < -0.3 is 10.2 Å². The van der Waals surface area contributed by atoms with Crippen molar-refractivity contribution in [2.75, 3.05) is 16.8 Å². The van der Waals surface area contributed by atoms with Crippen LogP contribution in [0, 0.1) is 0 Å². The van der Waals surface area contributed by atoms with Gasteiger partial charge in [-0.3, -0.25) is 14.6 Å². The van der Waals surface area contributed by atoms with Gasteiger partial charge in [0.15, 0.2) is 0 Å². The number of amides is 2. The van der Waals surface area contributed by atoms with Crippen molar-refractivity contribution in [1.29, 1.82) is 0 Å². The molecule has 2 heterocycles. The van der Waals surface area contributed by atoms with Crippen LogP contribution in [0.4, 0.5) is 11.4 Å². The molecule has 1 aromatic heterocycles. The lowest BCUT2D eigenvalue weighted by Gasteiger charge is -2.18. The summed E-state index contributed by atoms with van der Waals surface area (Å²) in [6.07, 6.45) is 6.19. The molecule has 0 bridgehead atoms. The lowest BCUT2D eigenvalue weighted by molar-refractivity contribution is -0.116. The van der Waals surface area contributed by atoms with E-state index in [1.54, 1.807) is 29.4 Å². The van der Waals surface area contributed by atoms with Gasteiger partial charge in [-0.05, 0) is 54.7 Å². The Morgan fingerprint density at radius 2 is 1.90 bits per heavy atom. The SMILES string of the molecule is O=C(CCCc1ccccc1)Nc1ccc2c(c1)N(C(=O)c1cccnc1)CC2. The fourth-order valence-electron chi connectivity index (χ4n) is 3.63. The lowest BCUT2D eigenvalue weighted by Crippen LogP contribution is -2.29. The topological polar surface area (TPSA) is 62.3 Å². The Labute approximate surface area is 170 Å². The second-order valence-corrected chi connectivity index (χ2v) is 7.18. The number of rotatable bonds is 6. The van der Waals surface area contributed by atoms with E-state index in [0.29, 0.717) is 18.5 Å². The van der Waals surface area contributed by atoms with Gasteiger partial charge in [-0.2, -0.15) is 0 Å². The summed E-state index contributed by atoms with van der Waals surface area (Å²) in [5.41, 5.74) is 4.50. The second kappa shape index (κ2) is 8.69. The molecule has 0 fully saturated rings. The summed E-state index contributed by atoms with van der Waals surface area (Å²) in [5, 5.41) is 2.97. The standard InChI is InChI=1S/C24H23N3O2/c28-23(10-4-8-18-6-2-1-3-7-18)26-21-12-11-19-13-15-27(22(19)16-21)24(29)20-9-5-14-25-17-20/h1-3,5-7,9,11-12,14,16-17H,4,8,10,13,15H2,(H,26,28). The zero-order valence-corrected chi connectivity index (χ0v) is 16.2. The maximum absolute atomic E-state index is 12.8. The molecule has 2 amide bonds. The molecule has 0 unspecified atom stereocenters. The van der Waals surface area contributed by atoms with E-state index < -0.39 is 0 Å². The molecule has 4 rings (SSSR count). The first-order valence-electron chi connectivity index (χ1n) is 9.89. The number of anilines is 2. The van der Waals surface area contributed by atoms with E-state index in [4.69, 9.17) is 0 Å². The minimum atomic E-state index is -0.0665. The normalized spacial score (nSPS) is 12.5. The Bertz CT molecular complexity index is 1000. The number of fused-ring (bicyclic) bond motifs is 1. The van der Waals surface area contributed by atoms with Crippen LogP contribution in [0.25, 0.3) is 0 Å². The van der Waals surface area contributed by atoms with Gasteiger partial charge in [0.05, 0.1) is 5.56 Å². The monoisotopic (exact) mass is 385 g/mol. The smallest absolute Gasteiger partial charge is 0.259 e. The van der Waals surface area contributed by atoms with E-state index >= 15 is 0 Å². The predicted octanol–water partition coefficient (Wildman–Crippen LogP) is 4.25. The second-order valence-electron chi connectivity index (χ2n) is 7.18. The summed E-state index contributed by atoms with van der Waals surface area (Å²) in [6.45, 7) is 0.636. The highest BCUT2D eigenvalue weighted by Crippen LogP contribution is 2.32. The third kappa shape index (κ3) is 4.51. The number of nitrogens with zero attached hydrogens (tertiary/aromatic N) is 2. The van der Waals surface area contributed by atoms with Gasteiger partial charge in [-0.15, -0.1) is 0 Å². The molecule has 0 spiro atoms. The zero-order chi connectivity index (χ0) is 20.1. The van der Waals surface area contributed by atoms with Crippen molar-refractivity contribution in [3.63, 3.8) is 0 Å². The Hall–Kier alpha value is -3.47. The van der Waals surface area contributed by atoms with Crippen molar-refractivity contribution in [2.45, 2.75) is 25.7 Å². The van der Waals surface area contributed by atoms with E-state index in [1.807, 2.05) is 36.4 Å². The third-order valence-corrected chi connectivity index (χ3v) is 5.13. The minimum absolute atomic E-state index is 0.0102. The summed E-state index contributed by atoms with van der Waals surface area (Å²) in [6, 6.07) is 19.5. The van der Waals surface area contributed by atoms with Crippen LogP contribution in [-0.4, -0.2) is 23.3 Å². The molecule has 0 radical (unpaired) electrons. The number of nitrogens with one attached hydrogen (secondary N) is 1. The Kier molecular flexibility index (Phi) is 5.66. The van der Waals surface area contributed by atoms with Gasteiger partial charge in [0.1, 0.15) is 0 Å². The van der Waals surface area contributed by atoms with Crippen LogP contribution in [0.15, 0.2) is 73.1 Å². The molecule has 0 saturated carbocycles. The third-order valence-electron chi connectivity index (χ3n) is 5.13. The molecular weight excluding hydrogens is 362 g/mol. The molecule has 2 aromatic carbocycles. The summed E-state index contributed by atoms with van der Waals surface area (Å²) in [5.74, 6) is -0.0767. The number of aryl methyl sites for hydroxylation is 1. The van der Waals surface area contributed by atoms with Gasteiger partial charge in [0.2, 0.25) is 5.91 Å². The molecular formula is C24H23N3O2. The molecule has 146 valence electrons. The predicted molar refractivity (Wildman–Crippen MR) is 114 cm³/mol. The number of carbonyl (C=O) groups excluding carboxylic acids is 2. The first kappa shape index (κ1) is 18.9. The van der Waals surface area contributed by atoms with Crippen LogP contribution in [0.2, 0.25) is 0 Å². The molecule has 3 aromatic rings. The van der Waals surface area contributed by atoms with E-state index in [9.17, 15) is 9.59 Å². The largest absolute Gasteiger partial charge is 0.326 e. The van der Waals surface area contributed by atoms with E-state index in [0.717, 1.165) is 36.2 Å². The average molecular weight is 385 g/mol. The summed E-state index contributed by atoms with van der Waals surface area (Å²) >= 11 is 0. The van der Waals surface area contributed by atoms with E-state index in [1.165, 1.54) is 5.56 Å². The van der Waals surface area contributed by atoms with Crippen molar-refractivity contribution in [3.8, 4) is 0 Å².